The summed E-state index contributed by atoms with van der Waals surface area (Å²) in [6.45, 7) is 7.44. The first-order chi connectivity index (χ1) is 9.19. The Morgan fingerprint density at radius 2 is 2.21 bits per heavy atom. The molecule has 0 aromatic carbocycles. The molecule has 1 N–H and O–H groups in total. The van der Waals surface area contributed by atoms with Gasteiger partial charge in [-0.05, 0) is 45.7 Å². The third-order valence-electron chi connectivity index (χ3n) is 4.02. The van der Waals surface area contributed by atoms with Crippen LogP contribution in [-0.4, -0.2) is 49.7 Å². The van der Waals surface area contributed by atoms with E-state index in [4.69, 9.17) is 4.74 Å². The maximum Gasteiger partial charge on any atom is 0.322 e. The lowest BCUT2D eigenvalue weighted by Crippen LogP contribution is -2.42. The predicted molar refractivity (Wildman–Crippen MR) is 78.2 cm³/mol. The highest BCUT2D eigenvalue weighted by Gasteiger charge is 2.22. The summed E-state index contributed by atoms with van der Waals surface area (Å²) in [4.78, 5) is 14.3. The number of nitrogens with zero attached hydrogens (tertiary/aromatic N) is 1. The SMILES string of the molecule is CCCNC(CCN1CCCCCC1C)C(=O)OC. The smallest absolute Gasteiger partial charge is 0.322 e. The second kappa shape index (κ2) is 9.32. The second-order valence-electron chi connectivity index (χ2n) is 5.55. The van der Waals surface area contributed by atoms with Crippen LogP contribution in [0.3, 0.4) is 0 Å². The van der Waals surface area contributed by atoms with Crippen molar-refractivity contribution in [2.24, 2.45) is 0 Å². The monoisotopic (exact) mass is 270 g/mol. The van der Waals surface area contributed by atoms with Crippen LogP contribution in [0.5, 0.6) is 0 Å². The first kappa shape index (κ1) is 16.4. The van der Waals surface area contributed by atoms with Crippen molar-refractivity contribution in [3.8, 4) is 0 Å². The van der Waals surface area contributed by atoms with Crippen LogP contribution in [0.4, 0.5) is 0 Å². The van der Waals surface area contributed by atoms with E-state index in [0.29, 0.717) is 6.04 Å². The summed E-state index contributed by atoms with van der Waals surface area (Å²) in [5, 5.41) is 3.29. The van der Waals surface area contributed by atoms with Gasteiger partial charge in [0, 0.05) is 12.6 Å². The molecule has 1 saturated heterocycles. The van der Waals surface area contributed by atoms with Gasteiger partial charge >= 0.3 is 5.97 Å². The highest BCUT2D eigenvalue weighted by atomic mass is 16.5. The maximum absolute atomic E-state index is 11.7. The lowest BCUT2D eigenvalue weighted by atomic mass is 10.1. The summed E-state index contributed by atoms with van der Waals surface area (Å²) >= 11 is 0. The Kier molecular flexibility index (Phi) is 8.07. The molecule has 2 unspecified atom stereocenters. The first-order valence-electron chi connectivity index (χ1n) is 7.74. The van der Waals surface area contributed by atoms with E-state index in [1.807, 2.05) is 0 Å². The van der Waals surface area contributed by atoms with Crippen LogP contribution < -0.4 is 5.32 Å². The fraction of sp³-hybridized carbons (Fsp3) is 0.933. The molecule has 0 aliphatic carbocycles. The molecule has 0 aromatic rings. The Balaban J connectivity index is 2.42. The topological polar surface area (TPSA) is 41.6 Å². The van der Waals surface area contributed by atoms with Crippen molar-refractivity contribution in [3.63, 3.8) is 0 Å². The molecule has 4 nitrogen and oxygen atoms in total. The largest absolute Gasteiger partial charge is 0.468 e. The van der Waals surface area contributed by atoms with Gasteiger partial charge in [-0.25, -0.2) is 0 Å². The van der Waals surface area contributed by atoms with Crippen LogP contribution in [-0.2, 0) is 9.53 Å². The molecule has 4 heteroatoms. The van der Waals surface area contributed by atoms with E-state index in [1.54, 1.807) is 0 Å². The van der Waals surface area contributed by atoms with Crippen molar-refractivity contribution in [1.29, 1.82) is 0 Å². The molecule has 19 heavy (non-hydrogen) atoms. The lowest BCUT2D eigenvalue weighted by molar-refractivity contribution is -0.143. The number of rotatable bonds is 7. The summed E-state index contributed by atoms with van der Waals surface area (Å²) < 4.78 is 4.88. The van der Waals surface area contributed by atoms with Gasteiger partial charge in [0.2, 0.25) is 0 Å². The minimum absolute atomic E-state index is 0.129. The van der Waals surface area contributed by atoms with E-state index in [1.165, 1.54) is 39.3 Å². The third kappa shape index (κ3) is 5.91. The molecule has 0 spiro atoms. The number of methoxy groups -OCH3 is 1. The van der Waals surface area contributed by atoms with Crippen LogP contribution in [0.1, 0.15) is 52.4 Å². The number of nitrogens with one attached hydrogen (secondary N) is 1. The maximum atomic E-state index is 11.7. The summed E-state index contributed by atoms with van der Waals surface area (Å²) in [5.74, 6) is -0.129. The zero-order valence-electron chi connectivity index (χ0n) is 12.8. The average molecular weight is 270 g/mol. The molecule has 112 valence electrons. The Bertz CT molecular complexity index is 259. The van der Waals surface area contributed by atoms with Gasteiger partial charge in [-0.3, -0.25) is 4.79 Å². The van der Waals surface area contributed by atoms with Gasteiger partial charge in [-0.15, -0.1) is 0 Å². The minimum Gasteiger partial charge on any atom is -0.468 e. The number of hydrogen-bond acceptors (Lipinski definition) is 4. The molecule has 1 rings (SSSR count). The Morgan fingerprint density at radius 1 is 1.42 bits per heavy atom. The number of carbonyl (C=O) groups excluding carboxylic acids is 1. The highest BCUT2D eigenvalue weighted by Crippen LogP contribution is 2.16. The van der Waals surface area contributed by atoms with E-state index < -0.39 is 0 Å². The second-order valence-corrected chi connectivity index (χ2v) is 5.55. The van der Waals surface area contributed by atoms with Crippen molar-refractivity contribution in [3.05, 3.63) is 0 Å². The Morgan fingerprint density at radius 3 is 2.89 bits per heavy atom. The van der Waals surface area contributed by atoms with Crippen molar-refractivity contribution < 1.29 is 9.53 Å². The molecule has 0 radical (unpaired) electrons. The van der Waals surface area contributed by atoms with Crippen molar-refractivity contribution >= 4 is 5.97 Å². The summed E-state index contributed by atoms with van der Waals surface area (Å²) in [7, 11) is 1.47. The lowest BCUT2D eigenvalue weighted by Gasteiger charge is -2.28. The highest BCUT2D eigenvalue weighted by molar-refractivity contribution is 5.75. The van der Waals surface area contributed by atoms with Gasteiger partial charge in [0.05, 0.1) is 7.11 Å². The molecule has 1 heterocycles. The van der Waals surface area contributed by atoms with Crippen molar-refractivity contribution in [2.45, 2.75) is 64.5 Å². The Hall–Kier alpha value is -0.610. The standard InChI is InChI=1S/C15H30N2O2/c1-4-10-16-14(15(18)19-3)9-12-17-11-7-5-6-8-13(17)2/h13-14,16H,4-12H2,1-3H3. The molecular weight excluding hydrogens is 240 g/mol. The molecule has 1 aliphatic heterocycles. The average Bonchev–Trinajstić information content (AvgIpc) is 2.63. The summed E-state index contributed by atoms with van der Waals surface area (Å²) in [5.41, 5.74) is 0. The minimum atomic E-state index is -0.152. The molecule has 2 atom stereocenters. The summed E-state index contributed by atoms with van der Waals surface area (Å²) in [6.07, 6.45) is 7.13. The molecule has 0 bridgehead atoms. The fourth-order valence-electron chi connectivity index (χ4n) is 2.73. The molecule has 1 fully saturated rings. The van der Waals surface area contributed by atoms with Crippen LogP contribution in [0.25, 0.3) is 0 Å². The van der Waals surface area contributed by atoms with E-state index in [-0.39, 0.29) is 12.0 Å². The van der Waals surface area contributed by atoms with Crippen molar-refractivity contribution in [2.75, 3.05) is 26.7 Å². The number of hydrogen-bond donors (Lipinski definition) is 1. The van der Waals surface area contributed by atoms with E-state index in [0.717, 1.165) is 25.9 Å². The zero-order chi connectivity index (χ0) is 14.1. The van der Waals surface area contributed by atoms with Crippen LogP contribution in [0.2, 0.25) is 0 Å². The van der Waals surface area contributed by atoms with Gasteiger partial charge in [-0.1, -0.05) is 19.8 Å². The molecule has 0 aromatic heterocycles. The van der Waals surface area contributed by atoms with Crippen LogP contribution >= 0.6 is 0 Å². The van der Waals surface area contributed by atoms with E-state index in [2.05, 4.69) is 24.1 Å². The Labute approximate surface area is 117 Å². The summed E-state index contributed by atoms with van der Waals surface area (Å²) in [6, 6.07) is 0.493. The van der Waals surface area contributed by atoms with Gasteiger partial charge in [0.25, 0.3) is 0 Å². The van der Waals surface area contributed by atoms with Gasteiger partial charge < -0.3 is 15.0 Å². The van der Waals surface area contributed by atoms with Crippen LogP contribution in [0, 0.1) is 0 Å². The van der Waals surface area contributed by atoms with E-state index in [9.17, 15) is 4.79 Å². The van der Waals surface area contributed by atoms with Crippen molar-refractivity contribution in [1.82, 2.24) is 10.2 Å². The van der Waals surface area contributed by atoms with Gasteiger partial charge in [-0.2, -0.15) is 0 Å². The molecule has 0 saturated carbocycles. The van der Waals surface area contributed by atoms with Gasteiger partial charge in [0.1, 0.15) is 6.04 Å². The van der Waals surface area contributed by atoms with Crippen LogP contribution in [0.15, 0.2) is 0 Å². The fourth-order valence-corrected chi connectivity index (χ4v) is 2.73. The number of ether oxygens (including phenoxy) is 1. The number of carbonyl (C=O) groups is 1. The number of esters is 1. The molecule has 1 aliphatic rings. The predicted octanol–water partition coefficient (Wildman–Crippen LogP) is 2.18. The molecule has 0 amide bonds. The first-order valence-corrected chi connectivity index (χ1v) is 7.74. The molecular formula is C15H30N2O2. The van der Waals surface area contributed by atoms with Gasteiger partial charge in [0.15, 0.2) is 0 Å². The quantitative estimate of drug-likeness (QED) is 0.720. The number of likely N-dealkylation sites (tertiary alicyclic amines) is 1. The normalized spacial score (nSPS) is 22.8. The third-order valence-corrected chi connectivity index (χ3v) is 4.02. The zero-order valence-corrected chi connectivity index (χ0v) is 12.8. The van der Waals surface area contributed by atoms with E-state index >= 15 is 0 Å².